The Labute approximate surface area is 123 Å². The van der Waals surface area contributed by atoms with Crippen molar-refractivity contribution in [2.24, 2.45) is 0 Å². The van der Waals surface area contributed by atoms with Crippen molar-refractivity contribution in [2.45, 2.75) is 38.3 Å². The van der Waals surface area contributed by atoms with E-state index in [1.54, 1.807) is 4.90 Å². The van der Waals surface area contributed by atoms with Crippen LogP contribution in [0.4, 0.5) is 4.79 Å². The minimum atomic E-state index is -1.28. The molecule has 3 N–H and O–H groups in total. The predicted molar refractivity (Wildman–Crippen MR) is 74.9 cm³/mol. The Morgan fingerprint density at radius 2 is 2.00 bits per heavy atom. The lowest BCUT2D eigenvalue weighted by Gasteiger charge is -2.34. The van der Waals surface area contributed by atoms with Crippen LogP contribution in [-0.2, 0) is 14.3 Å². The van der Waals surface area contributed by atoms with E-state index in [1.165, 1.54) is 7.11 Å². The summed E-state index contributed by atoms with van der Waals surface area (Å²) in [5, 5.41) is 14.7. The number of rotatable bonds is 6. The van der Waals surface area contributed by atoms with E-state index < -0.39 is 24.0 Å². The smallest absolute Gasteiger partial charge is 0.326 e. The van der Waals surface area contributed by atoms with Gasteiger partial charge in [-0.2, -0.15) is 0 Å². The zero-order chi connectivity index (χ0) is 15.8. The molecule has 0 aromatic rings. The van der Waals surface area contributed by atoms with Crippen molar-refractivity contribution in [3.05, 3.63) is 0 Å². The van der Waals surface area contributed by atoms with E-state index in [9.17, 15) is 14.4 Å². The Balaban J connectivity index is 2.64. The number of ether oxygens (including phenoxy) is 1. The first-order valence-electron chi connectivity index (χ1n) is 7.07. The fourth-order valence-electron chi connectivity index (χ4n) is 2.37. The zero-order valence-electron chi connectivity index (χ0n) is 12.4. The number of nitrogens with zero attached hydrogens (tertiary/aromatic N) is 1. The third kappa shape index (κ3) is 5.22. The molecule has 2 amide bonds. The van der Waals surface area contributed by atoms with Gasteiger partial charge in [0.15, 0.2) is 0 Å². The number of hydrogen-bond acceptors (Lipinski definition) is 5. The number of hydrogen-bond donors (Lipinski definition) is 3. The molecular weight excluding hydrogens is 278 g/mol. The average Bonchev–Trinajstić information content (AvgIpc) is 2.48. The molecule has 0 radical (unpaired) electrons. The molecule has 1 saturated heterocycles. The van der Waals surface area contributed by atoms with Crippen molar-refractivity contribution >= 4 is 18.0 Å². The van der Waals surface area contributed by atoms with Crippen LogP contribution in [0, 0.1) is 0 Å². The molecule has 8 heteroatoms. The Hall–Kier alpha value is -1.83. The van der Waals surface area contributed by atoms with Crippen molar-refractivity contribution in [2.75, 3.05) is 26.7 Å². The summed E-state index contributed by atoms with van der Waals surface area (Å²) in [5.41, 5.74) is 0. The van der Waals surface area contributed by atoms with Gasteiger partial charge in [0.1, 0.15) is 6.04 Å². The lowest BCUT2D eigenvalue weighted by molar-refractivity contribution is -0.147. The standard InChI is InChI=1S/C13H23N3O5/c1-3-16(9-4-6-14-7-5-9)13(20)15-10(12(18)19)8-11(17)21-2/h9-10,14H,3-8H2,1-2H3,(H,15,20)(H,18,19)/t10-/m0/s1. The Morgan fingerprint density at radius 3 is 2.48 bits per heavy atom. The van der Waals surface area contributed by atoms with E-state index in [0.29, 0.717) is 6.54 Å². The number of carboxylic acid groups (broad SMARTS) is 1. The van der Waals surface area contributed by atoms with Gasteiger partial charge in [-0.25, -0.2) is 9.59 Å². The number of esters is 1. The molecule has 1 fully saturated rings. The van der Waals surface area contributed by atoms with E-state index >= 15 is 0 Å². The van der Waals surface area contributed by atoms with Crippen molar-refractivity contribution in [3.8, 4) is 0 Å². The molecule has 0 unspecified atom stereocenters. The highest BCUT2D eigenvalue weighted by Gasteiger charge is 2.29. The van der Waals surface area contributed by atoms with Gasteiger partial charge < -0.3 is 25.4 Å². The highest BCUT2D eigenvalue weighted by molar-refractivity contribution is 5.86. The largest absolute Gasteiger partial charge is 0.480 e. The summed E-state index contributed by atoms with van der Waals surface area (Å²) >= 11 is 0. The fraction of sp³-hybridized carbons (Fsp3) is 0.769. The first-order valence-corrected chi connectivity index (χ1v) is 7.07. The van der Waals surface area contributed by atoms with Crippen LogP contribution >= 0.6 is 0 Å². The van der Waals surface area contributed by atoms with Crippen LogP contribution < -0.4 is 10.6 Å². The van der Waals surface area contributed by atoms with Crippen LogP contribution in [0.1, 0.15) is 26.2 Å². The minimum absolute atomic E-state index is 0.0869. The molecule has 8 nitrogen and oxygen atoms in total. The summed E-state index contributed by atoms with van der Waals surface area (Å²) < 4.78 is 4.44. The van der Waals surface area contributed by atoms with E-state index in [2.05, 4.69) is 15.4 Å². The average molecular weight is 301 g/mol. The number of urea groups is 1. The summed E-state index contributed by atoms with van der Waals surface area (Å²) in [6, 6.07) is -1.65. The normalized spacial score (nSPS) is 16.9. The minimum Gasteiger partial charge on any atom is -0.480 e. The molecule has 21 heavy (non-hydrogen) atoms. The van der Waals surface area contributed by atoms with Crippen molar-refractivity contribution in [1.82, 2.24) is 15.5 Å². The lowest BCUT2D eigenvalue weighted by atomic mass is 10.1. The number of methoxy groups -OCH3 is 1. The van der Waals surface area contributed by atoms with E-state index in [1.807, 2.05) is 6.92 Å². The summed E-state index contributed by atoms with van der Waals surface area (Å²) in [5.74, 6) is -1.93. The SMILES string of the molecule is CCN(C(=O)N[C@@H](CC(=O)OC)C(=O)O)C1CCNCC1. The molecule has 1 heterocycles. The van der Waals surface area contributed by atoms with E-state index in [-0.39, 0.29) is 12.5 Å². The summed E-state index contributed by atoms with van der Waals surface area (Å²) in [6.45, 7) is 4.00. The lowest BCUT2D eigenvalue weighted by Crippen LogP contribution is -2.53. The van der Waals surface area contributed by atoms with Crippen LogP contribution in [0.5, 0.6) is 0 Å². The van der Waals surface area contributed by atoms with Gasteiger partial charge in [0.25, 0.3) is 0 Å². The number of carboxylic acids is 1. The highest BCUT2D eigenvalue weighted by Crippen LogP contribution is 2.12. The summed E-state index contributed by atoms with van der Waals surface area (Å²) in [7, 11) is 1.18. The quantitative estimate of drug-likeness (QED) is 0.586. The van der Waals surface area contributed by atoms with Crippen LogP contribution in [0.3, 0.4) is 0 Å². The maximum Gasteiger partial charge on any atom is 0.326 e. The number of amides is 2. The van der Waals surface area contributed by atoms with Gasteiger partial charge >= 0.3 is 18.0 Å². The van der Waals surface area contributed by atoms with Crippen LogP contribution in [0.25, 0.3) is 0 Å². The molecule has 0 bridgehead atoms. The third-order valence-corrected chi connectivity index (χ3v) is 3.55. The van der Waals surface area contributed by atoms with Gasteiger partial charge in [-0.15, -0.1) is 0 Å². The van der Waals surface area contributed by atoms with E-state index in [0.717, 1.165) is 25.9 Å². The number of carbonyl (C=O) groups is 3. The van der Waals surface area contributed by atoms with Crippen LogP contribution in [0.15, 0.2) is 0 Å². The molecule has 120 valence electrons. The molecule has 0 aliphatic carbocycles. The van der Waals surface area contributed by atoms with Gasteiger partial charge in [-0.3, -0.25) is 4.79 Å². The Bertz CT molecular complexity index is 382. The van der Waals surface area contributed by atoms with Gasteiger partial charge in [-0.05, 0) is 32.9 Å². The number of aliphatic carboxylic acids is 1. The molecule has 0 saturated carbocycles. The Morgan fingerprint density at radius 1 is 1.38 bits per heavy atom. The van der Waals surface area contributed by atoms with Gasteiger partial charge in [0.2, 0.25) is 0 Å². The molecule has 0 aromatic carbocycles. The number of nitrogens with one attached hydrogen (secondary N) is 2. The molecule has 1 rings (SSSR count). The van der Waals surface area contributed by atoms with Gasteiger partial charge in [-0.1, -0.05) is 0 Å². The Kier molecular flexibility index (Phi) is 6.93. The molecule has 1 aliphatic rings. The molecular formula is C13H23N3O5. The molecule has 0 aromatic heterocycles. The number of carbonyl (C=O) groups excluding carboxylic acids is 2. The fourth-order valence-corrected chi connectivity index (χ4v) is 2.37. The van der Waals surface area contributed by atoms with E-state index in [4.69, 9.17) is 5.11 Å². The van der Waals surface area contributed by atoms with Gasteiger partial charge in [0, 0.05) is 12.6 Å². The van der Waals surface area contributed by atoms with Crippen LogP contribution in [0.2, 0.25) is 0 Å². The van der Waals surface area contributed by atoms with Crippen molar-refractivity contribution in [3.63, 3.8) is 0 Å². The second kappa shape index (κ2) is 8.46. The van der Waals surface area contributed by atoms with Crippen LogP contribution in [-0.4, -0.2) is 66.8 Å². The van der Waals surface area contributed by atoms with Crippen molar-refractivity contribution < 1.29 is 24.2 Å². The first kappa shape index (κ1) is 17.2. The second-order valence-corrected chi connectivity index (χ2v) is 4.89. The van der Waals surface area contributed by atoms with Crippen molar-refractivity contribution in [1.29, 1.82) is 0 Å². The third-order valence-electron chi connectivity index (χ3n) is 3.55. The first-order chi connectivity index (χ1) is 9.99. The topological polar surface area (TPSA) is 108 Å². The predicted octanol–water partition coefficient (Wildman–Crippen LogP) is -0.214. The number of piperidine rings is 1. The molecule has 1 aliphatic heterocycles. The van der Waals surface area contributed by atoms with Gasteiger partial charge in [0.05, 0.1) is 13.5 Å². The maximum absolute atomic E-state index is 12.2. The second-order valence-electron chi connectivity index (χ2n) is 4.89. The highest BCUT2D eigenvalue weighted by atomic mass is 16.5. The monoisotopic (exact) mass is 301 g/mol. The molecule has 0 spiro atoms. The summed E-state index contributed by atoms with van der Waals surface area (Å²) in [4.78, 5) is 36.2. The molecule has 1 atom stereocenters. The maximum atomic E-state index is 12.2. The zero-order valence-corrected chi connectivity index (χ0v) is 12.4. The summed E-state index contributed by atoms with van der Waals surface area (Å²) in [6.07, 6.45) is 1.27.